The van der Waals surface area contributed by atoms with Crippen LogP contribution in [0.5, 0.6) is 0 Å². The third kappa shape index (κ3) is 5.64. The van der Waals surface area contributed by atoms with Crippen LogP contribution >= 0.6 is 11.6 Å². The maximum Gasteiger partial charge on any atom is 0.312 e. The highest BCUT2D eigenvalue weighted by molar-refractivity contribution is 6.31. The van der Waals surface area contributed by atoms with Crippen LogP contribution in [0.2, 0.25) is 5.02 Å². The lowest BCUT2D eigenvalue weighted by Crippen LogP contribution is -2.38. The van der Waals surface area contributed by atoms with E-state index in [9.17, 15) is 9.59 Å². The van der Waals surface area contributed by atoms with Gasteiger partial charge in [-0.3, -0.25) is 4.79 Å². The van der Waals surface area contributed by atoms with Gasteiger partial charge in [0.05, 0.1) is 25.7 Å². The third-order valence-electron chi connectivity index (χ3n) is 5.15. The number of halogens is 1. The lowest BCUT2D eigenvalue weighted by atomic mass is 10.0. The average molecular weight is 431 g/mol. The number of nitrogens with two attached hydrogens (primary N) is 1. The fourth-order valence-electron chi connectivity index (χ4n) is 3.60. The summed E-state index contributed by atoms with van der Waals surface area (Å²) in [7, 11) is 1.76. The van der Waals surface area contributed by atoms with Crippen LogP contribution in [-0.4, -0.2) is 50.2 Å². The Bertz CT molecular complexity index is 886. The zero-order valence-corrected chi connectivity index (χ0v) is 17.8. The van der Waals surface area contributed by atoms with Crippen molar-refractivity contribution in [2.75, 3.05) is 38.3 Å². The van der Waals surface area contributed by atoms with Crippen LogP contribution in [0, 0.1) is 0 Å². The number of amides is 3. The largest absolute Gasteiger partial charge is 0.378 e. The molecule has 0 bridgehead atoms. The molecule has 0 spiro atoms. The number of para-hydroxylation sites is 1. The van der Waals surface area contributed by atoms with Crippen LogP contribution in [0.1, 0.15) is 23.6 Å². The molecule has 0 aromatic heterocycles. The van der Waals surface area contributed by atoms with Crippen LogP contribution in [0.25, 0.3) is 0 Å². The number of nitrogens with one attached hydrogen (secondary N) is 1. The van der Waals surface area contributed by atoms with E-state index in [1.807, 2.05) is 24.3 Å². The molecule has 0 radical (unpaired) electrons. The molecular weight excluding hydrogens is 404 g/mol. The molecule has 0 unspecified atom stereocenters. The first-order valence-electron chi connectivity index (χ1n) is 9.90. The number of nitrogens with zero attached hydrogens (tertiary/aromatic N) is 2. The van der Waals surface area contributed by atoms with Crippen molar-refractivity contribution < 1.29 is 14.3 Å². The van der Waals surface area contributed by atoms with Crippen LogP contribution < -0.4 is 16.0 Å². The number of ether oxygens (including phenoxy) is 1. The predicted molar refractivity (Wildman–Crippen MR) is 117 cm³/mol. The van der Waals surface area contributed by atoms with Gasteiger partial charge in [-0.25, -0.2) is 4.79 Å². The maximum absolute atomic E-state index is 13.0. The molecule has 1 saturated heterocycles. The van der Waals surface area contributed by atoms with Crippen LogP contribution in [0.4, 0.5) is 10.5 Å². The zero-order valence-electron chi connectivity index (χ0n) is 17.0. The Kier molecular flexibility index (Phi) is 7.54. The molecule has 1 atom stereocenters. The number of carbonyl (C=O) groups is 2. The second-order valence-electron chi connectivity index (χ2n) is 7.26. The van der Waals surface area contributed by atoms with Crippen LogP contribution in [-0.2, 0) is 16.1 Å². The first-order chi connectivity index (χ1) is 14.5. The van der Waals surface area contributed by atoms with E-state index in [0.717, 1.165) is 24.3 Å². The van der Waals surface area contributed by atoms with Gasteiger partial charge in [0.25, 0.3) is 0 Å². The minimum absolute atomic E-state index is 0.0584. The van der Waals surface area contributed by atoms with E-state index in [-0.39, 0.29) is 12.3 Å². The van der Waals surface area contributed by atoms with Gasteiger partial charge in [-0.1, -0.05) is 48.0 Å². The number of anilines is 1. The summed E-state index contributed by atoms with van der Waals surface area (Å²) in [6, 6.07) is 13.9. The number of hydrogen-bond donors (Lipinski definition) is 2. The molecular formula is C22H27ClN4O3. The normalized spacial score (nSPS) is 14.8. The summed E-state index contributed by atoms with van der Waals surface area (Å²) in [5.41, 5.74) is 8.16. The fraction of sp³-hybridized carbons (Fsp3) is 0.364. The quantitative estimate of drug-likeness (QED) is 0.706. The lowest BCUT2D eigenvalue weighted by molar-refractivity contribution is -0.130. The second kappa shape index (κ2) is 10.3. The summed E-state index contributed by atoms with van der Waals surface area (Å²) >= 11 is 6.27. The third-order valence-corrected chi connectivity index (χ3v) is 5.50. The zero-order chi connectivity index (χ0) is 21.5. The van der Waals surface area contributed by atoms with Crippen LogP contribution in [0.3, 0.4) is 0 Å². The Morgan fingerprint density at radius 1 is 1.17 bits per heavy atom. The molecule has 2 aromatic rings. The molecule has 2 aromatic carbocycles. The van der Waals surface area contributed by atoms with Gasteiger partial charge in [0, 0.05) is 37.4 Å². The molecule has 30 heavy (non-hydrogen) atoms. The van der Waals surface area contributed by atoms with E-state index in [0.29, 0.717) is 30.3 Å². The molecule has 1 fully saturated rings. The van der Waals surface area contributed by atoms with Gasteiger partial charge in [-0.15, -0.1) is 0 Å². The number of primary amides is 1. The number of hydrogen-bond acceptors (Lipinski definition) is 4. The van der Waals surface area contributed by atoms with Gasteiger partial charge in [0.1, 0.15) is 0 Å². The lowest BCUT2D eigenvalue weighted by Gasteiger charge is -2.31. The molecule has 8 heteroatoms. The summed E-state index contributed by atoms with van der Waals surface area (Å²) in [6.45, 7) is 3.50. The smallest absolute Gasteiger partial charge is 0.312 e. The molecule has 160 valence electrons. The summed E-state index contributed by atoms with van der Waals surface area (Å²) in [6.07, 6.45) is 0.0584. The van der Waals surface area contributed by atoms with Gasteiger partial charge in [-0.05, 0) is 23.3 Å². The summed E-state index contributed by atoms with van der Waals surface area (Å²) in [5, 5.41) is 3.11. The SMILES string of the molecule is CN(Cc1ccccc1N1CCOCC1)C(=O)C[C@@H](NC(N)=O)c1ccccc1Cl. The van der Waals surface area contributed by atoms with Crippen molar-refractivity contribution in [3.63, 3.8) is 0 Å². The van der Waals surface area contributed by atoms with Crippen molar-refractivity contribution in [2.24, 2.45) is 5.73 Å². The van der Waals surface area contributed by atoms with E-state index in [4.69, 9.17) is 22.1 Å². The first kappa shape index (κ1) is 21.9. The molecule has 1 heterocycles. The van der Waals surface area contributed by atoms with E-state index in [2.05, 4.69) is 16.3 Å². The van der Waals surface area contributed by atoms with Crippen molar-refractivity contribution in [3.05, 3.63) is 64.7 Å². The Hall–Kier alpha value is -2.77. The van der Waals surface area contributed by atoms with E-state index in [1.54, 1.807) is 30.1 Å². The summed E-state index contributed by atoms with van der Waals surface area (Å²) in [4.78, 5) is 28.4. The molecule has 1 aliphatic rings. The van der Waals surface area contributed by atoms with E-state index >= 15 is 0 Å². The van der Waals surface area contributed by atoms with Gasteiger partial charge in [0.2, 0.25) is 5.91 Å². The van der Waals surface area contributed by atoms with Crippen molar-refractivity contribution >= 4 is 29.2 Å². The Morgan fingerprint density at radius 3 is 2.53 bits per heavy atom. The van der Waals surface area contributed by atoms with Gasteiger partial charge in [0.15, 0.2) is 0 Å². The minimum atomic E-state index is -0.701. The Labute approximate surface area is 181 Å². The van der Waals surface area contributed by atoms with Gasteiger partial charge in [-0.2, -0.15) is 0 Å². The van der Waals surface area contributed by atoms with Crippen molar-refractivity contribution in [1.82, 2.24) is 10.2 Å². The highest BCUT2D eigenvalue weighted by atomic mass is 35.5. The predicted octanol–water partition coefficient (Wildman–Crippen LogP) is 2.93. The molecule has 3 amide bonds. The molecule has 7 nitrogen and oxygen atoms in total. The van der Waals surface area contributed by atoms with Gasteiger partial charge < -0.3 is 25.6 Å². The number of carbonyl (C=O) groups excluding carboxylic acids is 2. The van der Waals surface area contributed by atoms with E-state index in [1.165, 1.54) is 0 Å². The molecule has 3 rings (SSSR count). The maximum atomic E-state index is 13.0. The highest BCUT2D eigenvalue weighted by Crippen LogP contribution is 2.27. The topological polar surface area (TPSA) is 87.9 Å². The van der Waals surface area contributed by atoms with Crippen molar-refractivity contribution in [1.29, 1.82) is 0 Å². The monoisotopic (exact) mass is 430 g/mol. The van der Waals surface area contributed by atoms with Crippen molar-refractivity contribution in [2.45, 2.75) is 19.0 Å². The number of morpholine rings is 1. The number of benzene rings is 2. The highest BCUT2D eigenvalue weighted by Gasteiger charge is 2.23. The molecule has 1 aliphatic heterocycles. The standard InChI is InChI=1S/C22H27ClN4O3/c1-26(15-16-6-2-5-9-20(16)27-10-12-30-13-11-27)21(28)14-19(25-22(24)29)17-7-3-4-8-18(17)23/h2-9,19H,10-15H2,1H3,(H3,24,25,29)/t19-/m1/s1. The minimum Gasteiger partial charge on any atom is -0.378 e. The molecule has 0 saturated carbocycles. The van der Waals surface area contributed by atoms with Crippen LogP contribution in [0.15, 0.2) is 48.5 Å². The number of urea groups is 1. The number of rotatable bonds is 7. The van der Waals surface area contributed by atoms with Crippen molar-refractivity contribution in [3.8, 4) is 0 Å². The molecule has 3 N–H and O–H groups in total. The molecule has 0 aliphatic carbocycles. The summed E-state index contributed by atoms with van der Waals surface area (Å²) < 4.78 is 5.45. The Morgan fingerprint density at radius 2 is 1.83 bits per heavy atom. The average Bonchev–Trinajstić information content (AvgIpc) is 2.74. The first-order valence-corrected chi connectivity index (χ1v) is 10.3. The summed E-state index contributed by atoms with van der Waals surface area (Å²) in [5.74, 6) is -0.120. The van der Waals surface area contributed by atoms with Gasteiger partial charge >= 0.3 is 6.03 Å². The fourth-order valence-corrected chi connectivity index (χ4v) is 3.87. The Balaban J connectivity index is 1.72. The van der Waals surface area contributed by atoms with E-state index < -0.39 is 12.1 Å². The second-order valence-corrected chi connectivity index (χ2v) is 7.67.